The number of halogens is 1. The van der Waals surface area contributed by atoms with Gasteiger partial charge in [-0.15, -0.1) is 0 Å². The van der Waals surface area contributed by atoms with Crippen LogP contribution >= 0.6 is 15.9 Å². The molecule has 126 valence electrons. The number of ether oxygens (including phenoxy) is 1. The van der Waals surface area contributed by atoms with E-state index in [0.29, 0.717) is 25.3 Å². The summed E-state index contributed by atoms with van der Waals surface area (Å²) in [6.07, 6.45) is 0. The second kappa shape index (κ2) is 7.55. The molecule has 1 aromatic carbocycles. The molecule has 0 radical (unpaired) electrons. The minimum absolute atomic E-state index is 0.00501. The van der Waals surface area contributed by atoms with Gasteiger partial charge in [0.1, 0.15) is 6.04 Å². The van der Waals surface area contributed by atoms with Crippen LogP contribution < -0.4 is 5.32 Å². The molecule has 0 unspecified atom stereocenters. The van der Waals surface area contributed by atoms with Crippen molar-refractivity contribution in [3.63, 3.8) is 0 Å². The Labute approximate surface area is 145 Å². The van der Waals surface area contributed by atoms with Gasteiger partial charge in [0.15, 0.2) is 5.78 Å². The van der Waals surface area contributed by atoms with Gasteiger partial charge in [0.25, 0.3) is 0 Å². The molecule has 0 saturated carbocycles. The summed E-state index contributed by atoms with van der Waals surface area (Å²) in [6, 6.07) is 6.74. The summed E-state index contributed by atoms with van der Waals surface area (Å²) < 4.78 is 6.36. The lowest BCUT2D eigenvalue weighted by atomic mass is 10.0. The molecule has 1 aromatic rings. The summed E-state index contributed by atoms with van der Waals surface area (Å²) in [6.45, 7) is 7.91. The third-order valence-electron chi connectivity index (χ3n) is 3.88. The number of carbonyl (C=O) groups excluding carboxylic acids is 2. The Morgan fingerprint density at radius 3 is 2.57 bits per heavy atom. The van der Waals surface area contributed by atoms with E-state index in [2.05, 4.69) is 46.9 Å². The van der Waals surface area contributed by atoms with Crippen LogP contribution in [0.3, 0.4) is 0 Å². The SMILES string of the molecule is CC(C)(C)N1CCOC[C@H]1C(=O)NCC(=O)c1ccc(Br)cc1. The van der Waals surface area contributed by atoms with Crippen molar-refractivity contribution >= 4 is 27.6 Å². The van der Waals surface area contributed by atoms with Gasteiger partial charge >= 0.3 is 0 Å². The quantitative estimate of drug-likeness (QED) is 0.811. The fourth-order valence-corrected chi connectivity index (χ4v) is 2.91. The molecule has 0 bridgehead atoms. The van der Waals surface area contributed by atoms with E-state index >= 15 is 0 Å². The van der Waals surface area contributed by atoms with Crippen LogP contribution in [0.4, 0.5) is 0 Å². The predicted octanol–water partition coefficient (Wildman–Crippen LogP) is 2.25. The lowest BCUT2D eigenvalue weighted by Crippen LogP contribution is -2.60. The van der Waals surface area contributed by atoms with Gasteiger partial charge in [-0.1, -0.05) is 28.1 Å². The Kier molecular flexibility index (Phi) is 5.95. The molecule has 0 aromatic heterocycles. The fourth-order valence-electron chi connectivity index (χ4n) is 2.65. The molecule has 2 rings (SSSR count). The number of nitrogens with one attached hydrogen (secondary N) is 1. The monoisotopic (exact) mass is 382 g/mol. The van der Waals surface area contributed by atoms with E-state index in [1.807, 2.05) is 12.1 Å². The van der Waals surface area contributed by atoms with Crippen molar-refractivity contribution in [1.29, 1.82) is 0 Å². The van der Waals surface area contributed by atoms with Crippen molar-refractivity contribution in [2.75, 3.05) is 26.3 Å². The minimum atomic E-state index is -0.360. The lowest BCUT2D eigenvalue weighted by Gasteiger charge is -2.43. The zero-order valence-electron chi connectivity index (χ0n) is 13.8. The van der Waals surface area contributed by atoms with Crippen molar-refractivity contribution in [2.24, 2.45) is 0 Å². The topological polar surface area (TPSA) is 58.6 Å². The van der Waals surface area contributed by atoms with Gasteiger partial charge < -0.3 is 10.1 Å². The molecular formula is C17H23BrN2O3. The first-order chi connectivity index (χ1) is 10.8. The standard InChI is InChI=1S/C17H23BrN2O3/c1-17(2,3)20-8-9-23-11-14(20)16(22)19-10-15(21)12-4-6-13(18)7-5-12/h4-7,14H,8-11H2,1-3H3,(H,19,22)/t14-/m0/s1. The van der Waals surface area contributed by atoms with Gasteiger partial charge in [0, 0.05) is 22.1 Å². The van der Waals surface area contributed by atoms with Crippen LogP contribution in [-0.2, 0) is 9.53 Å². The molecule has 1 aliphatic heterocycles. The van der Waals surface area contributed by atoms with Crippen LogP contribution in [-0.4, -0.2) is 54.5 Å². The number of Topliss-reactive ketones (excluding diaryl/α,β-unsaturated/α-hetero) is 1. The van der Waals surface area contributed by atoms with Crippen LogP contribution in [0.5, 0.6) is 0 Å². The Balaban J connectivity index is 1.95. The predicted molar refractivity (Wildman–Crippen MR) is 92.5 cm³/mol. The minimum Gasteiger partial charge on any atom is -0.378 e. The van der Waals surface area contributed by atoms with E-state index in [-0.39, 0.29) is 29.8 Å². The highest BCUT2D eigenvalue weighted by Crippen LogP contribution is 2.20. The highest BCUT2D eigenvalue weighted by atomic mass is 79.9. The van der Waals surface area contributed by atoms with Crippen LogP contribution in [0.25, 0.3) is 0 Å². The van der Waals surface area contributed by atoms with E-state index in [4.69, 9.17) is 4.74 Å². The second-order valence-corrected chi connectivity index (χ2v) is 7.52. The van der Waals surface area contributed by atoms with Gasteiger partial charge in [-0.2, -0.15) is 0 Å². The Bertz CT molecular complexity index is 566. The first kappa shape index (κ1) is 18.1. The van der Waals surface area contributed by atoms with Crippen LogP contribution in [0.2, 0.25) is 0 Å². The van der Waals surface area contributed by atoms with E-state index in [1.165, 1.54) is 0 Å². The smallest absolute Gasteiger partial charge is 0.240 e. The Morgan fingerprint density at radius 2 is 1.96 bits per heavy atom. The normalized spacial score (nSPS) is 19.4. The maximum absolute atomic E-state index is 12.5. The zero-order chi connectivity index (χ0) is 17.0. The van der Waals surface area contributed by atoms with E-state index < -0.39 is 0 Å². The highest BCUT2D eigenvalue weighted by molar-refractivity contribution is 9.10. The van der Waals surface area contributed by atoms with Crippen molar-refractivity contribution < 1.29 is 14.3 Å². The fraction of sp³-hybridized carbons (Fsp3) is 0.529. The number of benzene rings is 1. The first-order valence-corrected chi connectivity index (χ1v) is 8.49. The van der Waals surface area contributed by atoms with Gasteiger partial charge in [-0.05, 0) is 32.9 Å². The summed E-state index contributed by atoms with van der Waals surface area (Å²) >= 11 is 3.33. The van der Waals surface area contributed by atoms with Crippen molar-refractivity contribution in [1.82, 2.24) is 10.2 Å². The number of hydrogen-bond acceptors (Lipinski definition) is 4. The number of morpholine rings is 1. The molecule has 23 heavy (non-hydrogen) atoms. The Morgan fingerprint density at radius 1 is 1.30 bits per heavy atom. The van der Waals surface area contributed by atoms with Gasteiger partial charge in [-0.25, -0.2) is 0 Å². The average molecular weight is 383 g/mol. The first-order valence-electron chi connectivity index (χ1n) is 7.70. The Hall–Kier alpha value is -1.24. The summed E-state index contributed by atoms with van der Waals surface area (Å²) in [5.41, 5.74) is 0.461. The van der Waals surface area contributed by atoms with Crippen LogP contribution in [0.1, 0.15) is 31.1 Å². The molecule has 1 N–H and O–H groups in total. The van der Waals surface area contributed by atoms with Crippen molar-refractivity contribution in [2.45, 2.75) is 32.4 Å². The molecule has 0 spiro atoms. The number of ketones is 1. The zero-order valence-corrected chi connectivity index (χ0v) is 15.4. The molecule has 1 heterocycles. The lowest BCUT2D eigenvalue weighted by molar-refractivity contribution is -0.137. The van der Waals surface area contributed by atoms with Gasteiger partial charge in [0.05, 0.1) is 19.8 Å². The van der Waals surface area contributed by atoms with Crippen molar-refractivity contribution in [3.05, 3.63) is 34.3 Å². The summed E-state index contributed by atoms with van der Waals surface area (Å²) in [5.74, 6) is -0.269. The number of amides is 1. The van der Waals surface area contributed by atoms with Crippen LogP contribution in [0, 0.1) is 0 Å². The highest BCUT2D eigenvalue weighted by Gasteiger charge is 2.36. The third-order valence-corrected chi connectivity index (χ3v) is 4.41. The summed E-state index contributed by atoms with van der Waals surface area (Å²) in [4.78, 5) is 26.7. The second-order valence-electron chi connectivity index (χ2n) is 6.60. The summed E-state index contributed by atoms with van der Waals surface area (Å²) in [7, 11) is 0. The maximum atomic E-state index is 12.5. The van der Waals surface area contributed by atoms with E-state index in [0.717, 1.165) is 4.47 Å². The van der Waals surface area contributed by atoms with Crippen molar-refractivity contribution in [3.8, 4) is 0 Å². The molecule has 6 heteroatoms. The molecule has 1 fully saturated rings. The summed E-state index contributed by atoms with van der Waals surface area (Å²) in [5, 5.41) is 2.75. The molecule has 1 atom stereocenters. The molecule has 1 aliphatic rings. The molecule has 0 aliphatic carbocycles. The van der Waals surface area contributed by atoms with Crippen LogP contribution in [0.15, 0.2) is 28.7 Å². The van der Waals surface area contributed by atoms with E-state index in [1.54, 1.807) is 12.1 Å². The van der Waals surface area contributed by atoms with Gasteiger partial charge in [0.2, 0.25) is 5.91 Å². The molecule has 1 saturated heterocycles. The van der Waals surface area contributed by atoms with E-state index in [9.17, 15) is 9.59 Å². The molecular weight excluding hydrogens is 360 g/mol. The number of rotatable bonds is 4. The number of nitrogens with zero attached hydrogens (tertiary/aromatic N) is 1. The number of hydrogen-bond donors (Lipinski definition) is 1. The largest absolute Gasteiger partial charge is 0.378 e. The van der Waals surface area contributed by atoms with Gasteiger partial charge in [-0.3, -0.25) is 14.5 Å². The third kappa shape index (κ3) is 4.86. The molecule has 1 amide bonds. The number of carbonyl (C=O) groups is 2. The molecule has 5 nitrogen and oxygen atoms in total. The average Bonchev–Trinajstić information content (AvgIpc) is 2.52. The maximum Gasteiger partial charge on any atom is 0.240 e.